The van der Waals surface area contributed by atoms with Crippen molar-refractivity contribution in [2.24, 2.45) is 5.73 Å². The topological polar surface area (TPSA) is 69.6 Å². The molecule has 2 aromatic heterocycles. The Morgan fingerprint density at radius 2 is 2.46 bits per heavy atom. The van der Waals surface area contributed by atoms with Crippen molar-refractivity contribution in [1.29, 1.82) is 0 Å². The van der Waals surface area contributed by atoms with Gasteiger partial charge in [0.1, 0.15) is 5.00 Å². The summed E-state index contributed by atoms with van der Waals surface area (Å²) in [7, 11) is 0. The standard InChI is InChI=1S/C7H9N5S/c8-4-3-6-9-11-12(10-6)7-2-1-5-13-7/h1-2,5H,3-4,8H2. The summed E-state index contributed by atoms with van der Waals surface area (Å²) in [5.41, 5.74) is 5.37. The van der Waals surface area contributed by atoms with Gasteiger partial charge in [0.05, 0.1) is 0 Å². The molecule has 5 nitrogen and oxygen atoms in total. The van der Waals surface area contributed by atoms with Gasteiger partial charge >= 0.3 is 0 Å². The quantitative estimate of drug-likeness (QED) is 0.761. The molecule has 0 atom stereocenters. The average Bonchev–Trinajstić information content (AvgIpc) is 2.70. The van der Waals surface area contributed by atoms with Crippen molar-refractivity contribution in [3.05, 3.63) is 23.3 Å². The van der Waals surface area contributed by atoms with Crippen LogP contribution < -0.4 is 5.73 Å². The van der Waals surface area contributed by atoms with Crippen LogP contribution in [0, 0.1) is 0 Å². The van der Waals surface area contributed by atoms with E-state index in [1.165, 1.54) is 4.80 Å². The Morgan fingerprint density at radius 3 is 3.15 bits per heavy atom. The number of tetrazole rings is 1. The van der Waals surface area contributed by atoms with Crippen LogP contribution in [0.1, 0.15) is 5.82 Å². The second kappa shape index (κ2) is 3.63. The Labute approximate surface area is 79.2 Å². The van der Waals surface area contributed by atoms with E-state index in [1.54, 1.807) is 11.3 Å². The summed E-state index contributed by atoms with van der Waals surface area (Å²) in [6, 6.07) is 3.89. The van der Waals surface area contributed by atoms with Crippen molar-refractivity contribution in [1.82, 2.24) is 20.2 Å². The zero-order valence-corrected chi connectivity index (χ0v) is 7.74. The summed E-state index contributed by atoms with van der Waals surface area (Å²) in [6.07, 6.45) is 0.672. The van der Waals surface area contributed by atoms with E-state index in [-0.39, 0.29) is 0 Å². The van der Waals surface area contributed by atoms with Crippen LogP contribution in [0.25, 0.3) is 5.00 Å². The minimum atomic E-state index is 0.552. The van der Waals surface area contributed by atoms with E-state index in [1.807, 2.05) is 17.5 Å². The lowest BCUT2D eigenvalue weighted by molar-refractivity contribution is 0.728. The SMILES string of the molecule is NCCc1nnn(-c2cccs2)n1. The maximum Gasteiger partial charge on any atom is 0.176 e. The number of nitrogens with two attached hydrogens (primary N) is 1. The molecule has 0 unspecified atom stereocenters. The van der Waals surface area contributed by atoms with E-state index in [4.69, 9.17) is 5.73 Å². The number of rotatable bonds is 3. The van der Waals surface area contributed by atoms with Crippen LogP contribution >= 0.6 is 11.3 Å². The third-order valence-electron chi connectivity index (χ3n) is 1.53. The molecule has 0 aliphatic heterocycles. The van der Waals surface area contributed by atoms with Gasteiger partial charge < -0.3 is 5.73 Å². The highest BCUT2D eigenvalue weighted by molar-refractivity contribution is 7.12. The summed E-state index contributed by atoms with van der Waals surface area (Å²) in [5.74, 6) is 0.691. The van der Waals surface area contributed by atoms with Crippen molar-refractivity contribution in [3.63, 3.8) is 0 Å². The minimum Gasteiger partial charge on any atom is -0.330 e. The lowest BCUT2D eigenvalue weighted by atomic mass is 10.4. The highest BCUT2D eigenvalue weighted by Crippen LogP contribution is 2.11. The van der Waals surface area contributed by atoms with E-state index in [2.05, 4.69) is 15.4 Å². The van der Waals surface area contributed by atoms with Gasteiger partial charge in [-0.15, -0.1) is 26.3 Å². The predicted molar refractivity (Wildman–Crippen MR) is 49.8 cm³/mol. The molecule has 0 spiro atoms. The fourth-order valence-corrected chi connectivity index (χ4v) is 1.57. The molecular formula is C7H9N5S. The smallest absolute Gasteiger partial charge is 0.176 e. The summed E-state index contributed by atoms with van der Waals surface area (Å²) < 4.78 is 0. The summed E-state index contributed by atoms with van der Waals surface area (Å²) in [4.78, 5) is 1.52. The first-order valence-corrected chi connectivity index (χ1v) is 4.81. The molecule has 0 aromatic carbocycles. The molecule has 68 valence electrons. The molecule has 13 heavy (non-hydrogen) atoms. The van der Waals surface area contributed by atoms with E-state index >= 15 is 0 Å². The highest BCUT2D eigenvalue weighted by atomic mass is 32.1. The molecule has 2 aromatic rings. The normalized spacial score (nSPS) is 10.5. The third-order valence-corrected chi connectivity index (χ3v) is 2.36. The van der Waals surface area contributed by atoms with Crippen molar-refractivity contribution in [2.75, 3.05) is 6.54 Å². The molecule has 2 N–H and O–H groups in total. The molecule has 2 heterocycles. The second-order valence-corrected chi connectivity index (χ2v) is 3.41. The monoisotopic (exact) mass is 195 g/mol. The highest BCUT2D eigenvalue weighted by Gasteiger charge is 2.03. The third kappa shape index (κ3) is 1.73. The fourth-order valence-electron chi connectivity index (χ4n) is 0.949. The van der Waals surface area contributed by atoms with Crippen molar-refractivity contribution >= 4 is 11.3 Å². The van der Waals surface area contributed by atoms with Gasteiger partial charge in [-0.2, -0.15) is 0 Å². The Hall–Kier alpha value is -1.27. The van der Waals surface area contributed by atoms with Crippen LogP contribution in [-0.4, -0.2) is 26.8 Å². The molecule has 6 heteroatoms. The maximum absolute atomic E-state index is 5.37. The largest absolute Gasteiger partial charge is 0.330 e. The van der Waals surface area contributed by atoms with Crippen LogP contribution in [0.2, 0.25) is 0 Å². The van der Waals surface area contributed by atoms with Crippen LogP contribution in [-0.2, 0) is 6.42 Å². The maximum atomic E-state index is 5.37. The van der Waals surface area contributed by atoms with E-state index < -0.39 is 0 Å². The first kappa shape index (κ1) is 8.33. The molecule has 0 saturated heterocycles. The zero-order chi connectivity index (χ0) is 9.10. The Balaban J connectivity index is 2.23. The molecule has 0 saturated carbocycles. The predicted octanol–water partition coefficient (Wildman–Crippen LogP) is 0.225. The van der Waals surface area contributed by atoms with Gasteiger partial charge in [0, 0.05) is 6.42 Å². The van der Waals surface area contributed by atoms with Crippen LogP contribution in [0.4, 0.5) is 0 Å². The number of thiophene rings is 1. The fraction of sp³-hybridized carbons (Fsp3) is 0.286. The Morgan fingerprint density at radius 1 is 1.54 bits per heavy atom. The van der Waals surface area contributed by atoms with Gasteiger partial charge in [0.2, 0.25) is 0 Å². The summed E-state index contributed by atoms with van der Waals surface area (Å²) in [5, 5.41) is 14.9. The van der Waals surface area contributed by atoms with E-state index in [0.29, 0.717) is 18.8 Å². The second-order valence-electron chi connectivity index (χ2n) is 2.49. The van der Waals surface area contributed by atoms with Crippen LogP contribution in [0.3, 0.4) is 0 Å². The van der Waals surface area contributed by atoms with Crippen LogP contribution in [0.15, 0.2) is 17.5 Å². The molecule has 0 aliphatic carbocycles. The van der Waals surface area contributed by atoms with Gasteiger partial charge in [-0.25, -0.2) is 0 Å². The number of hydrogen-bond donors (Lipinski definition) is 1. The first-order valence-electron chi connectivity index (χ1n) is 3.93. The van der Waals surface area contributed by atoms with Gasteiger partial charge in [-0.05, 0) is 29.3 Å². The molecular weight excluding hydrogens is 186 g/mol. The first-order chi connectivity index (χ1) is 6.40. The van der Waals surface area contributed by atoms with Gasteiger partial charge in [0.15, 0.2) is 5.82 Å². The summed E-state index contributed by atoms with van der Waals surface area (Å²) in [6.45, 7) is 0.552. The molecule has 0 radical (unpaired) electrons. The number of aromatic nitrogens is 4. The van der Waals surface area contributed by atoms with Crippen molar-refractivity contribution in [3.8, 4) is 5.00 Å². The molecule has 2 rings (SSSR count). The zero-order valence-electron chi connectivity index (χ0n) is 6.92. The Bertz CT molecular complexity index is 366. The number of nitrogens with zero attached hydrogens (tertiary/aromatic N) is 4. The molecule has 0 bridgehead atoms. The minimum absolute atomic E-state index is 0.552. The molecule has 0 aliphatic rings. The van der Waals surface area contributed by atoms with E-state index in [9.17, 15) is 0 Å². The van der Waals surface area contributed by atoms with Crippen molar-refractivity contribution in [2.45, 2.75) is 6.42 Å². The Kier molecular flexibility index (Phi) is 2.33. The van der Waals surface area contributed by atoms with Gasteiger partial charge in [-0.3, -0.25) is 0 Å². The lowest BCUT2D eigenvalue weighted by Crippen LogP contribution is -2.04. The number of hydrogen-bond acceptors (Lipinski definition) is 5. The average molecular weight is 195 g/mol. The van der Waals surface area contributed by atoms with Crippen molar-refractivity contribution < 1.29 is 0 Å². The van der Waals surface area contributed by atoms with Crippen LogP contribution in [0.5, 0.6) is 0 Å². The van der Waals surface area contributed by atoms with Gasteiger partial charge in [0.25, 0.3) is 0 Å². The van der Waals surface area contributed by atoms with E-state index in [0.717, 1.165) is 5.00 Å². The van der Waals surface area contributed by atoms with Gasteiger partial charge in [-0.1, -0.05) is 0 Å². The molecule has 0 fully saturated rings. The molecule has 0 amide bonds. The lowest BCUT2D eigenvalue weighted by Gasteiger charge is -1.89. The summed E-state index contributed by atoms with van der Waals surface area (Å²) >= 11 is 1.57.